The first kappa shape index (κ1) is 20.3. The van der Waals surface area contributed by atoms with E-state index in [4.69, 9.17) is 9.15 Å². The van der Waals surface area contributed by atoms with Crippen LogP contribution >= 0.6 is 0 Å². The SMILES string of the molecule is CC(C)[C@H](C(=O)OCC(=O)N(C)Cc1ccco1)N1C(=O)c2ccccc2C1=O. The largest absolute Gasteiger partial charge is 0.467 e. The van der Waals surface area contributed by atoms with Crippen molar-refractivity contribution in [1.29, 1.82) is 0 Å². The number of benzene rings is 1. The molecule has 0 saturated carbocycles. The summed E-state index contributed by atoms with van der Waals surface area (Å²) in [6.07, 6.45) is 1.50. The molecule has 2 aromatic rings. The lowest BCUT2D eigenvalue weighted by molar-refractivity contribution is -0.156. The molecule has 1 aliphatic rings. The number of rotatable bonds is 7. The van der Waals surface area contributed by atoms with Crippen molar-refractivity contribution in [2.24, 2.45) is 5.92 Å². The van der Waals surface area contributed by atoms with Crippen molar-refractivity contribution in [3.05, 3.63) is 59.5 Å². The normalized spacial score (nSPS) is 14.1. The van der Waals surface area contributed by atoms with Gasteiger partial charge in [-0.1, -0.05) is 26.0 Å². The van der Waals surface area contributed by atoms with E-state index < -0.39 is 36.3 Å². The second-order valence-electron chi connectivity index (χ2n) is 7.15. The van der Waals surface area contributed by atoms with Gasteiger partial charge in [0.1, 0.15) is 11.8 Å². The highest BCUT2D eigenvalue weighted by atomic mass is 16.5. The van der Waals surface area contributed by atoms with Gasteiger partial charge in [-0.05, 0) is 30.2 Å². The fourth-order valence-electron chi connectivity index (χ4n) is 3.19. The van der Waals surface area contributed by atoms with Gasteiger partial charge in [-0.2, -0.15) is 0 Å². The molecule has 3 amide bonds. The molecular weight excluding hydrogens is 376 g/mol. The van der Waals surface area contributed by atoms with Crippen LogP contribution in [0.4, 0.5) is 0 Å². The van der Waals surface area contributed by atoms with Crippen LogP contribution in [0.5, 0.6) is 0 Å². The zero-order valence-electron chi connectivity index (χ0n) is 16.5. The predicted octanol–water partition coefficient (Wildman–Crippen LogP) is 2.10. The maximum Gasteiger partial charge on any atom is 0.330 e. The molecule has 8 heteroatoms. The zero-order chi connectivity index (χ0) is 21.1. The summed E-state index contributed by atoms with van der Waals surface area (Å²) >= 11 is 0. The van der Waals surface area contributed by atoms with E-state index in [1.54, 1.807) is 57.3 Å². The third-order valence-electron chi connectivity index (χ3n) is 4.71. The van der Waals surface area contributed by atoms with Crippen molar-refractivity contribution < 1.29 is 28.3 Å². The lowest BCUT2D eigenvalue weighted by Gasteiger charge is -2.27. The van der Waals surface area contributed by atoms with E-state index >= 15 is 0 Å². The van der Waals surface area contributed by atoms with Crippen molar-refractivity contribution in [2.75, 3.05) is 13.7 Å². The van der Waals surface area contributed by atoms with E-state index in [1.165, 1.54) is 11.2 Å². The number of carbonyl (C=O) groups excluding carboxylic acids is 4. The molecule has 1 aliphatic heterocycles. The van der Waals surface area contributed by atoms with Gasteiger partial charge in [0, 0.05) is 7.05 Å². The molecule has 2 heterocycles. The summed E-state index contributed by atoms with van der Waals surface area (Å²) in [7, 11) is 1.56. The Balaban J connectivity index is 1.67. The molecule has 1 aromatic heterocycles. The molecule has 1 atom stereocenters. The number of hydrogen-bond acceptors (Lipinski definition) is 6. The van der Waals surface area contributed by atoms with Gasteiger partial charge in [0.2, 0.25) is 0 Å². The highest BCUT2D eigenvalue weighted by molar-refractivity contribution is 6.22. The molecule has 0 fully saturated rings. The van der Waals surface area contributed by atoms with Crippen LogP contribution in [0.2, 0.25) is 0 Å². The minimum Gasteiger partial charge on any atom is -0.467 e. The quantitative estimate of drug-likeness (QED) is 0.523. The number of hydrogen-bond donors (Lipinski definition) is 0. The highest BCUT2D eigenvalue weighted by Crippen LogP contribution is 2.27. The maximum atomic E-state index is 12.7. The molecule has 29 heavy (non-hydrogen) atoms. The minimum atomic E-state index is -1.12. The lowest BCUT2D eigenvalue weighted by Crippen LogP contribution is -2.49. The van der Waals surface area contributed by atoms with Gasteiger partial charge in [0.05, 0.1) is 23.9 Å². The highest BCUT2D eigenvalue weighted by Gasteiger charge is 2.44. The van der Waals surface area contributed by atoms with Crippen LogP contribution in [-0.2, 0) is 20.9 Å². The Morgan fingerprint density at radius 2 is 1.69 bits per heavy atom. The monoisotopic (exact) mass is 398 g/mol. The molecule has 3 rings (SSSR count). The molecule has 0 saturated heterocycles. The van der Waals surface area contributed by atoms with E-state index in [0.717, 1.165) is 4.90 Å². The molecule has 8 nitrogen and oxygen atoms in total. The van der Waals surface area contributed by atoms with Crippen LogP contribution in [0.3, 0.4) is 0 Å². The molecule has 152 valence electrons. The predicted molar refractivity (Wildman–Crippen MR) is 102 cm³/mol. The summed E-state index contributed by atoms with van der Waals surface area (Å²) in [6.45, 7) is 3.15. The minimum absolute atomic E-state index is 0.232. The Bertz CT molecular complexity index is 899. The van der Waals surface area contributed by atoms with Gasteiger partial charge in [0.15, 0.2) is 6.61 Å². The van der Waals surface area contributed by atoms with Gasteiger partial charge in [-0.15, -0.1) is 0 Å². The first-order valence-corrected chi connectivity index (χ1v) is 9.21. The second-order valence-corrected chi connectivity index (χ2v) is 7.15. The molecule has 0 spiro atoms. The van der Waals surface area contributed by atoms with Crippen LogP contribution < -0.4 is 0 Å². The fraction of sp³-hybridized carbons (Fsp3) is 0.333. The van der Waals surface area contributed by atoms with Crippen LogP contribution in [0, 0.1) is 5.92 Å². The third kappa shape index (κ3) is 4.06. The first-order valence-electron chi connectivity index (χ1n) is 9.21. The number of fused-ring (bicyclic) bond motifs is 1. The smallest absolute Gasteiger partial charge is 0.330 e. The summed E-state index contributed by atoms with van der Waals surface area (Å²) < 4.78 is 10.4. The van der Waals surface area contributed by atoms with Gasteiger partial charge >= 0.3 is 5.97 Å². The number of furan rings is 1. The number of carbonyl (C=O) groups is 4. The Morgan fingerprint density at radius 1 is 1.07 bits per heavy atom. The first-order chi connectivity index (χ1) is 13.8. The van der Waals surface area contributed by atoms with Crippen molar-refractivity contribution >= 4 is 23.7 Å². The fourth-order valence-corrected chi connectivity index (χ4v) is 3.19. The van der Waals surface area contributed by atoms with Gasteiger partial charge < -0.3 is 14.1 Å². The van der Waals surface area contributed by atoms with Crippen molar-refractivity contribution in [3.63, 3.8) is 0 Å². The molecule has 0 aliphatic carbocycles. The van der Waals surface area contributed by atoms with Crippen LogP contribution in [-0.4, -0.2) is 53.2 Å². The number of amides is 3. The molecule has 0 unspecified atom stereocenters. The van der Waals surface area contributed by atoms with Crippen molar-refractivity contribution in [2.45, 2.75) is 26.4 Å². The van der Waals surface area contributed by atoms with Crippen LogP contribution in [0.1, 0.15) is 40.3 Å². The zero-order valence-corrected chi connectivity index (χ0v) is 16.5. The molecule has 1 aromatic carbocycles. The second kappa shape index (κ2) is 8.30. The van der Waals surface area contributed by atoms with E-state index in [2.05, 4.69) is 0 Å². The standard InChI is InChI=1S/C21H22N2O6/c1-13(2)18(23-19(25)15-8-4-5-9-16(15)20(23)26)21(27)29-12-17(24)22(3)11-14-7-6-10-28-14/h4-10,13,18H,11-12H2,1-3H3/t18-/m1/s1. The van der Waals surface area contributed by atoms with Crippen molar-refractivity contribution in [1.82, 2.24) is 9.80 Å². The van der Waals surface area contributed by atoms with Crippen molar-refractivity contribution in [3.8, 4) is 0 Å². The number of ether oxygens (including phenoxy) is 1. The summed E-state index contributed by atoms with van der Waals surface area (Å²) in [5.41, 5.74) is 0.510. The summed E-state index contributed by atoms with van der Waals surface area (Å²) in [5.74, 6) is -2.10. The van der Waals surface area contributed by atoms with Crippen LogP contribution in [0.15, 0.2) is 47.1 Å². The summed E-state index contributed by atoms with van der Waals surface area (Å²) in [4.78, 5) is 52.6. The topological polar surface area (TPSA) is 97.1 Å². The average molecular weight is 398 g/mol. The number of imide groups is 1. The van der Waals surface area contributed by atoms with E-state index in [9.17, 15) is 19.2 Å². The van der Waals surface area contributed by atoms with E-state index in [1.807, 2.05) is 0 Å². The number of likely N-dealkylation sites (N-methyl/N-ethyl adjacent to an activating group) is 1. The molecular formula is C21H22N2O6. The van der Waals surface area contributed by atoms with E-state index in [-0.39, 0.29) is 23.6 Å². The molecule has 0 N–H and O–H groups in total. The maximum absolute atomic E-state index is 12.7. The Labute approximate surface area is 168 Å². The number of esters is 1. The Hall–Kier alpha value is -3.42. The van der Waals surface area contributed by atoms with E-state index in [0.29, 0.717) is 5.76 Å². The van der Waals surface area contributed by atoms with Gasteiger partial charge in [-0.3, -0.25) is 19.3 Å². The third-order valence-corrected chi connectivity index (χ3v) is 4.71. The number of nitrogens with zero attached hydrogens (tertiary/aromatic N) is 2. The summed E-state index contributed by atoms with van der Waals surface area (Å²) in [5, 5.41) is 0. The average Bonchev–Trinajstić information content (AvgIpc) is 3.29. The lowest BCUT2D eigenvalue weighted by atomic mass is 10.0. The molecule has 0 radical (unpaired) electrons. The molecule has 0 bridgehead atoms. The van der Waals surface area contributed by atoms with Gasteiger partial charge in [-0.25, -0.2) is 4.79 Å². The van der Waals surface area contributed by atoms with Gasteiger partial charge in [0.25, 0.3) is 17.7 Å². The summed E-state index contributed by atoms with van der Waals surface area (Å²) in [6, 6.07) is 8.73. The Kier molecular flexibility index (Phi) is 5.81. The Morgan fingerprint density at radius 3 is 2.21 bits per heavy atom. The van der Waals surface area contributed by atoms with Crippen LogP contribution in [0.25, 0.3) is 0 Å².